The number of benzene rings is 2. The first-order chi connectivity index (χ1) is 9.11. The highest BCUT2D eigenvalue weighted by molar-refractivity contribution is 6.31. The third kappa shape index (κ3) is 3.28. The maximum Gasteiger partial charge on any atom is 0.127 e. The lowest BCUT2D eigenvalue weighted by Crippen LogP contribution is -2.06. The summed E-state index contributed by atoms with van der Waals surface area (Å²) < 4.78 is 5.83. The number of ether oxygens (including phenoxy) is 1. The summed E-state index contributed by atoms with van der Waals surface area (Å²) in [5.74, 6) is 0.870. The van der Waals surface area contributed by atoms with E-state index >= 15 is 0 Å². The van der Waals surface area contributed by atoms with Crippen LogP contribution in [0.2, 0.25) is 5.02 Å². The Morgan fingerprint density at radius 2 is 1.89 bits per heavy atom. The fourth-order valence-electron chi connectivity index (χ4n) is 1.94. The molecule has 0 atom stereocenters. The van der Waals surface area contributed by atoms with E-state index in [1.807, 2.05) is 56.3 Å². The largest absolute Gasteiger partial charge is 0.490 e. The fraction of sp³-hybridized carbons (Fsp3) is 0.250. The molecule has 0 spiro atoms. The Balaban J connectivity index is 2.44. The van der Waals surface area contributed by atoms with Crippen LogP contribution >= 0.6 is 11.6 Å². The van der Waals surface area contributed by atoms with Gasteiger partial charge in [-0.05, 0) is 37.1 Å². The van der Waals surface area contributed by atoms with Gasteiger partial charge >= 0.3 is 0 Å². The van der Waals surface area contributed by atoms with Crippen molar-refractivity contribution in [1.82, 2.24) is 0 Å². The monoisotopic (exact) mass is 275 g/mol. The Morgan fingerprint density at radius 3 is 2.53 bits per heavy atom. The van der Waals surface area contributed by atoms with Crippen LogP contribution in [0.1, 0.15) is 19.4 Å². The van der Waals surface area contributed by atoms with Crippen molar-refractivity contribution in [3.8, 4) is 16.9 Å². The summed E-state index contributed by atoms with van der Waals surface area (Å²) in [6.07, 6.45) is 0.139. The van der Waals surface area contributed by atoms with Gasteiger partial charge in [-0.3, -0.25) is 0 Å². The van der Waals surface area contributed by atoms with E-state index in [9.17, 15) is 0 Å². The number of para-hydroxylation sites is 1. The molecule has 2 aromatic carbocycles. The summed E-state index contributed by atoms with van der Waals surface area (Å²) in [6, 6.07) is 13.9. The standard InChI is InChI=1S/C16H18ClNO/c1-11(2)19-16-6-4-3-5-14(16)12-7-8-13(10-18)15(17)9-12/h3-9,11H,10,18H2,1-2H3. The number of nitrogens with two attached hydrogens (primary N) is 1. The summed E-state index contributed by atoms with van der Waals surface area (Å²) in [5.41, 5.74) is 8.66. The highest BCUT2D eigenvalue weighted by Gasteiger charge is 2.09. The average Bonchev–Trinajstić information content (AvgIpc) is 2.38. The van der Waals surface area contributed by atoms with Crippen molar-refractivity contribution in [2.45, 2.75) is 26.5 Å². The number of hydrogen-bond donors (Lipinski definition) is 1. The Labute approximate surface area is 119 Å². The van der Waals surface area contributed by atoms with Crippen LogP contribution < -0.4 is 10.5 Å². The van der Waals surface area contributed by atoms with Crippen LogP contribution in [0.3, 0.4) is 0 Å². The summed E-state index contributed by atoms with van der Waals surface area (Å²) in [4.78, 5) is 0. The van der Waals surface area contributed by atoms with E-state index < -0.39 is 0 Å². The lowest BCUT2D eigenvalue weighted by atomic mass is 10.0. The predicted octanol–water partition coefficient (Wildman–Crippen LogP) is 4.25. The minimum absolute atomic E-state index is 0.139. The van der Waals surface area contributed by atoms with Gasteiger partial charge in [-0.1, -0.05) is 41.9 Å². The van der Waals surface area contributed by atoms with Gasteiger partial charge in [0.15, 0.2) is 0 Å². The maximum atomic E-state index is 6.22. The Morgan fingerprint density at radius 1 is 1.16 bits per heavy atom. The fourth-order valence-corrected chi connectivity index (χ4v) is 2.20. The van der Waals surface area contributed by atoms with E-state index in [0.29, 0.717) is 11.6 Å². The van der Waals surface area contributed by atoms with Gasteiger partial charge in [-0.15, -0.1) is 0 Å². The van der Waals surface area contributed by atoms with Crippen LogP contribution in [0, 0.1) is 0 Å². The molecule has 0 saturated carbocycles. The van der Waals surface area contributed by atoms with Gasteiger partial charge in [-0.2, -0.15) is 0 Å². The van der Waals surface area contributed by atoms with Crippen LogP contribution in [0.15, 0.2) is 42.5 Å². The van der Waals surface area contributed by atoms with Crippen LogP contribution in [0.25, 0.3) is 11.1 Å². The molecule has 0 aromatic heterocycles. The zero-order valence-electron chi connectivity index (χ0n) is 11.2. The molecule has 3 heteroatoms. The van der Waals surface area contributed by atoms with Crippen molar-refractivity contribution in [2.24, 2.45) is 5.73 Å². The quantitative estimate of drug-likeness (QED) is 0.905. The second-order valence-electron chi connectivity index (χ2n) is 4.67. The third-order valence-electron chi connectivity index (χ3n) is 2.83. The van der Waals surface area contributed by atoms with Crippen molar-refractivity contribution in [2.75, 3.05) is 0 Å². The first-order valence-corrected chi connectivity index (χ1v) is 6.74. The molecular weight excluding hydrogens is 258 g/mol. The first kappa shape index (κ1) is 13.9. The minimum Gasteiger partial charge on any atom is -0.490 e. The number of halogens is 1. The first-order valence-electron chi connectivity index (χ1n) is 6.36. The SMILES string of the molecule is CC(C)Oc1ccccc1-c1ccc(CN)c(Cl)c1. The van der Waals surface area contributed by atoms with Crippen LogP contribution in [0.4, 0.5) is 0 Å². The molecule has 0 aliphatic carbocycles. The molecule has 2 aromatic rings. The van der Waals surface area contributed by atoms with Crippen molar-refractivity contribution < 1.29 is 4.74 Å². The Bertz CT molecular complexity index is 566. The molecule has 0 aliphatic heterocycles. The smallest absolute Gasteiger partial charge is 0.127 e. The molecule has 19 heavy (non-hydrogen) atoms. The minimum atomic E-state index is 0.139. The van der Waals surface area contributed by atoms with Gasteiger partial charge in [0.25, 0.3) is 0 Å². The van der Waals surface area contributed by atoms with E-state index in [4.69, 9.17) is 22.1 Å². The Hall–Kier alpha value is -1.51. The van der Waals surface area contributed by atoms with E-state index in [0.717, 1.165) is 22.4 Å². The molecular formula is C16H18ClNO. The Kier molecular flexibility index (Phi) is 4.46. The molecule has 2 rings (SSSR count). The van der Waals surface area contributed by atoms with Crippen molar-refractivity contribution in [1.29, 1.82) is 0 Å². The molecule has 2 N–H and O–H groups in total. The summed E-state index contributed by atoms with van der Waals surface area (Å²) in [5, 5.41) is 0.694. The van der Waals surface area contributed by atoms with Gasteiger partial charge in [0.2, 0.25) is 0 Å². The molecule has 0 bridgehead atoms. The molecule has 2 nitrogen and oxygen atoms in total. The molecule has 0 amide bonds. The lowest BCUT2D eigenvalue weighted by molar-refractivity contribution is 0.243. The lowest BCUT2D eigenvalue weighted by Gasteiger charge is -2.15. The number of rotatable bonds is 4. The van der Waals surface area contributed by atoms with Gasteiger partial charge < -0.3 is 10.5 Å². The second kappa shape index (κ2) is 6.09. The van der Waals surface area contributed by atoms with Crippen LogP contribution in [-0.2, 0) is 6.54 Å². The topological polar surface area (TPSA) is 35.2 Å². The summed E-state index contributed by atoms with van der Waals surface area (Å²) in [7, 11) is 0. The van der Waals surface area contributed by atoms with Crippen LogP contribution in [-0.4, -0.2) is 6.10 Å². The van der Waals surface area contributed by atoms with Gasteiger partial charge in [0.1, 0.15) is 5.75 Å². The highest BCUT2D eigenvalue weighted by atomic mass is 35.5. The van der Waals surface area contributed by atoms with Crippen molar-refractivity contribution in [3.05, 3.63) is 53.1 Å². The van der Waals surface area contributed by atoms with Gasteiger partial charge in [0.05, 0.1) is 6.10 Å². The van der Waals surface area contributed by atoms with Crippen LogP contribution in [0.5, 0.6) is 5.75 Å². The highest BCUT2D eigenvalue weighted by Crippen LogP contribution is 2.32. The van der Waals surface area contributed by atoms with Crippen molar-refractivity contribution in [3.63, 3.8) is 0 Å². The predicted molar refractivity (Wildman–Crippen MR) is 80.5 cm³/mol. The molecule has 0 saturated heterocycles. The summed E-state index contributed by atoms with van der Waals surface area (Å²) >= 11 is 6.22. The van der Waals surface area contributed by atoms with E-state index in [-0.39, 0.29) is 6.10 Å². The molecule has 0 aliphatic rings. The zero-order chi connectivity index (χ0) is 13.8. The molecule has 0 fully saturated rings. The van der Waals surface area contributed by atoms with Crippen molar-refractivity contribution >= 4 is 11.6 Å². The number of hydrogen-bond acceptors (Lipinski definition) is 2. The van der Waals surface area contributed by atoms with Gasteiger partial charge in [-0.25, -0.2) is 0 Å². The molecule has 0 unspecified atom stereocenters. The third-order valence-corrected chi connectivity index (χ3v) is 3.19. The molecule has 0 heterocycles. The average molecular weight is 276 g/mol. The van der Waals surface area contributed by atoms with E-state index in [1.165, 1.54) is 0 Å². The van der Waals surface area contributed by atoms with Gasteiger partial charge in [0, 0.05) is 17.1 Å². The summed E-state index contributed by atoms with van der Waals surface area (Å²) in [6.45, 7) is 4.48. The van der Waals surface area contributed by atoms with E-state index in [2.05, 4.69) is 0 Å². The molecule has 0 radical (unpaired) electrons. The molecule has 100 valence electrons. The maximum absolute atomic E-state index is 6.22. The second-order valence-corrected chi connectivity index (χ2v) is 5.08. The zero-order valence-corrected chi connectivity index (χ0v) is 11.9. The normalized spacial score (nSPS) is 10.8. The van der Waals surface area contributed by atoms with E-state index in [1.54, 1.807) is 0 Å².